The lowest BCUT2D eigenvalue weighted by atomic mass is 10.0. The molecule has 0 aliphatic heterocycles. The van der Waals surface area contributed by atoms with Gasteiger partial charge in [0.2, 0.25) is 0 Å². The van der Waals surface area contributed by atoms with Gasteiger partial charge in [-0.1, -0.05) is 24.3 Å². The van der Waals surface area contributed by atoms with Crippen molar-refractivity contribution in [3.8, 4) is 17.0 Å². The van der Waals surface area contributed by atoms with Gasteiger partial charge in [-0.25, -0.2) is 4.98 Å². The first-order chi connectivity index (χ1) is 9.31. The standard InChI is InChI=1S/C15H13N3O/c1-19-13-7-6-12(10-4-2-3-5-11(10)13)14-15(16)18-9-8-17-14/h2-9H,1H3,(H2,16,18). The number of ether oxygens (including phenoxy) is 1. The number of hydrogen-bond acceptors (Lipinski definition) is 4. The summed E-state index contributed by atoms with van der Waals surface area (Å²) in [5.74, 6) is 1.26. The molecule has 0 spiro atoms. The molecule has 0 aliphatic rings. The van der Waals surface area contributed by atoms with Crippen LogP contribution in [-0.2, 0) is 0 Å². The number of rotatable bonds is 2. The van der Waals surface area contributed by atoms with Crippen molar-refractivity contribution in [2.45, 2.75) is 0 Å². The Morgan fingerprint density at radius 1 is 0.947 bits per heavy atom. The van der Waals surface area contributed by atoms with E-state index in [4.69, 9.17) is 10.5 Å². The summed E-state index contributed by atoms with van der Waals surface area (Å²) in [4.78, 5) is 8.41. The van der Waals surface area contributed by atoms with E-state index >= 15 is 0 Å². The fourth-order valence-corrected chi connectivity index (χ4v) is 2.21. The minimum atomic E-state index is 0.429. The van der Waals surface area contributed by atoms with Crippen LogP contribution in [0.4, 0.5) is 5.82 Å². The lowest BCUT2D eigenvalue weighted by molar-refractivity contribution is 0.420. The molecule has 0 atom stereocenters. The van der Waals surface area contributed by atoms with Crippen LogP contribution in [0, 0.1) is 0 Å². The zero-order valence-corrected chi connectivity index (χ0v) is 10.5. The number of methoxy groups -OCH3 is 1. The molecule has 0 amide bonds. The van der Waals surface area contributed by atoms with Gasteiger partial charge in [0, 0.05) is 23.3 Å². The first kappa shape index (κ1) is 11.5. The maximum atomic E-state index is 5.91. The van der Waals surface area contributed by atoms with Crippen LogP contribution in [0.2, 0.25) is 0 Å². The van der Waals surface area contributed by atoms with Crippen LogP contribution in [0.1, 0.15) is 0 Å². The highest BCUT2D eigenvalue weighted by molar-refractivity contribution is 6.00. The van der Waals surface area contributed by atoms with Crippen molar-refractivity contribution in [3.05, 3.63) is 48.8 Å². The highest BCUT2D eigenvalue weighted by atomic mass is 16.5. The second kappa shape index (κ2) is 4.57. The number of hydrogen-bond donors (Lipinski definition) is 1. The Hall–Kier alpha value is -2.62. The van der Waals surface area contributed by atoms with E-state index in [-0.39, 0.29) is 0 Å². The molecule has 0 aliphatic carbocycles. The van der Waals surface area contributed by atoms with E-state index in [9.17, 15) is 0 Å². The smallest absolute Gasteiger partial charge is 0.150 e. The van der Waals surface area contributed by atoms with Crippen LogP contribution < -0.4 is 10.5 Å². The second-order valence-electron chi connectivity index (χ2n) is 4.15. The Bertz CT molecular complexity index is 740. The SMILES string of the molecule is COc1ccc(-c2nccnc2N)c2ccccc12. The zero-order chi connectivity index (χ0) is 13.2. The van der Waals surface area contributed by atoms with Crippen LogP contribution in [0.3, 0.4) is 0 Å². The molecule has 1 heterocycles. The lowest BCUT2D eigenvalue weighted by Crippen LogP contribution is -1.97. The molecular weight excluding hydrogens is 238 g/mol. The van der Waals surface area contributed by atoms with Gasteiger partial charge in [0.1, 0.15) is 17.3 Å². The molecule has 0 bridgehead atoms. The number of fused-ring (bicyclic) bond motifs is 1. The molecule has 0 fully saturated rings. The van der Waals surface area contributed by atoms with Crippen molar-refractivity contribution < 1.29 is 4.74 Å². The maximum absolute atomic E-state index is 5.91. The Morgan fingerprint density at radius 3 is 2.42 bits per heavy atom. The van der Waals surface area contributed by atoms with Gasteiger partial charge in [-0.2, -0.15) is 0 Å². The lowest BCUT2D eigenvalue weighted by Gasteiger charge is -2.10. The monoisotopic (exact) mass is 251 g/mol. The summed E-state index contributed by atoms with van der Waals surface area (Å²) >= 11 is 0. The van der Waals surface area contributed by atoms with E-state index in [1.165, 1.54) is 0 Å². The summed E-state index contributed by atoms with van der Waals surface area (Å²) in [7, 11) is 1.66. The van der Waals surface area contributed by atoms with E-state index in [1.807, 2.05) is 36.4 Å². The molecule has 2 aromatic carbocycles. The van der Waals surface area contributed by atoms with E-state index in [0.29, 0.717) is 11.5 Å². The topological polar surface area (TPSA) is 61.0 Å². The summed E-state index contributed by atoms with van der Waals surface area (Å²) in [6.45, 7) is 0. The molecule has 2 N–H and O–H groups in total. The maximum Gasteiger partial charge on any atom is 0.150 e. The predicted molar refractivity (Wildman–Crippen MR) is 75.9 cm³/mol. The van der Waals surface area contributed by atoms with Crippen molar-refractivity contribution in [3.63, 3.8) is 0 Å². The van der Waals surface area contributed by atoms with Gasteiger partial charge >= 0.3 is 0 Å². The molecule has 1 aromatic heterocycles. The molecule has 0 saturated carbocycles. The molecule has 0 unspecified atom stereocenters. The van der Waals surface area contributed by atoms with E-state index in [0.717, 1.165) is 22.1 Å². The van der Waals surface area contributed by atoms with Crippen molar-refractivity contribution in [1.29, 1.82) is 0 Å². The fraction of sp³-hybridized carbons (Fsp3) is 0.0667. The van der Waals surface area contributed by atoms with Crippen LogP contribution in [0.15, 0.2) is 48.8 Å². The Labute approximate surface area is 110 Å². The number of nitrogens with two attached hydrogens (primary N) is 1. The second-order valence-corrected chi connectivity index (χ2v) is 4.15. The van der Waals surface area contributed by atoms with Crippen molar-refractivity contribution in [2.75, 3.05) is 12.8 Å². The molecule has 4 nitrogen and oxygen atoms in total. The summed E-state index contributed by atoms with van der Waals surface area (Å²) in [5, 5.41) is 2.08. The number of benzene rings is 2. The first-order valence-electron chi connectivity index (χ1n) is 5.94. The average molecular weight is 251 g/mol. The molecule has 19 heavy (non-hydrogen) atoms. The van der Waals surface area contributed by atoms with E-state index in [1.54, 1.807) is 19.5 Å². The Balaban J connectivity index is 2.35. The molecular formula is C15H13N3O. The van der Waals surface area contributed by atoms with Gasteiger partial charge in [0.25, 0.3) is 0 Å². The minimum absolute atomic E-state index is 0.429. The normalized spacial score (nSPS) is 10.6. The fourth-order valence-electron chi connectivity index (χ4n) is 2.21. The number of nitrogens with zero attached hydrogens (tertiary/aromatic N) is 2. The molecule has 0 saturated heterocycles. The molecule has 3 rings (SSSR count). The van der Waals surface area contributed by atoms with Gasteiger partial charge in [0.05, 0.1) is 7.11 Å². The Morgan fingerprint density at radius 2 is 1.68 bits per heavy atom. The van der Waals surface area contributed by atoms with Gasteiger partial charge in [-0.05, 0) is 17.5 Å². The summed E-state index contributed by atoms with van der Waals surface area (Å²) < 4.78 is 5.38. The predicted octanol–water partition coefficient (Wildman–Crippen LogP) is 2.89. The Kier molecular flexibility index (Phi) is 2.76. The van der Waals surface area contributed by atoms with Crippen LogP contribution in [-0.4, -0.2) is 17.1 Å². The largest absolute Gasteiger partial charge is 0.496 e. The van der Waals surface area contributed by atoms with Gasteiger partial charge in [0.15, 0.2) is 0 Å². The summed E-state index contributed by atoms with van der Waals surface area (Å²) in [6, 6.07) is 11.9. The highest BCUT2D eigenvalue weighted by Gasteiger charge is 2.11. The molecule has 0 radical (unpaired) electrons. The minimum Gasteiger partial charge on any atom is -0.496 e. The third-order valence-electron chi connectivity index (χ3n) is 3.09. The summed E-state index contributed by atoms with van der Waals surface area (Å²) in [5.41, 5.74) is 7.57. The van der Waals surface area contributed by atoms with E-state index in [2.05, 4.69) is 9.97 Å². The third-order valence-corrected chi connectivity index (χ3v) is 3.09. The number of aromatic nitrogens is 2. The number of nitrogen functional groups attached to an aromatic ring is 1. The molecule has 3 aromatic rings. The van der Waals surface area contributed by atoms with Crippen LogP contribution in [0.5, 0.6) is 5.75 Å². The van der Waals surface area contributed by atoms with Crippen molar-refractivity contribution >= 4 is 16.6 Å². The van der Waals surface area contributed by atoms with Gasteiger partial charge in [-0.15, -0.1) is 0 Å². The average Bonchev–Trinajstić information content (AvgIpc) is 2.47. The van der Waals surface area contributed by atoms with E-state index < -0.39 is 0 Å². The molecule has 4 heteroatoms. The number of anilines is 1. The van der Waals surface area contributed by atoms with Gasteiger partial charge in [-0.3, -0.25) is 4.98 Å². The quantitative estimate of drug-likeness (QED) is 0.760. The van der Waals surface area contributed by atoms with Crippen molar-refractivity contribution in [1.82, 2.24) is 9.97 Å². The van der Waals surface area contributed by atoms with Crippen LogP contribution >= 0.6 is 0 Å². The van der Waals surface area contributed by atoms with Crippen molar-refractivity contribution in [2.24, 2.45) is 0 Å². The molecule has 94 valence electrons. The zero-order valence-electron chi connectivity index (χ0n) is 10.5. The first-order valence-corrected chi connectivity index (χ1v) is 5.94. The van der Waals surface area contributed by atoms with Crippen LogP contribution in [0.25, 0.3) is 22.0 Å². The summed E-state index contributed by atoms with van der Waals surface area (Å²) in [6.07, 6.45) is 3.23. The van der Waals surface area contributed by atoms with Gasteiger partial charge < -0.3 is 10.5 Å². The third kappa shape index (κ3) is 1.87. The highest BCUT2D eigenvalue weighted by Crippen LogP contribution is 2.34.